The first-order valence-electron chi connectivity index (χ1n) is 5.86. The number of methoxy groups -OCH3 is 1. The van der Waals surface area contributed by atoms with Crippen molar-refractivity contribution in [1.29, 1.82) is 0 Å². The van der Waals surface area contributed by atoms with Gasteiger partial charge in [0.05, 0.1) is 6.61 Å². The number of aliphatic hydroxyl groups excluding tert-OH is 1. The first-order chi connectivity index (χ1) is 7.71. The van der Waals surface area contributed by atoms with E-state index < -0.39 is 0 Å². The zero-order chi connectivity index (χ0) is 12.0. The third-order valence-electron chi connectivity index (χ3n) is 3.62. The topological polar surface area (TPSA) is 29.5 Å². The van der Waals surface area contributed by atoms with E-state index in [0.29, 0.717) is 12.5 Å². The first kappa shape index (κ1) is 13.2. The van der Waals surface area contributed by atoms with Gasteiger partial charge in [0, 0.05) is 19.1 Å². The minimum atomic E-state index is -0.183. The second-order valence-electron chi connectivity index (χ2n) is 4.39. The third kappa shape index (κ3) is 2.45. The highest BCUT2D eigenvalue weighted by atomic mass is 16.5. The smallest absolute Gasteiger partial charge is 0.0531 e. The van der Waals surface area contributed by atoms with E-state index in [0.717, 1.165) is 6.42 Å². The lowest BCUT2D eigenvalue weighted by Gasteiger charge is -2.37. The summed E-state index contributed by atoms with van der Waals surface area (Å²) in [5.41, 5.74) is 1.02. The first-order valence-corrected chi connectivity index (χ1v) is 5.86. The number of hydrogen-bond acceptors (Lipinski definition) is 2. The van der Waals surface area contributed by atoms with E-state index in [4.69, 9.17) is 4.74 Å². The largest absolute Gasteiger partial charge is 0.395 e. The van der Waals surface area contributed by atoms with Gasteiger partial charge in [-0.05, 0) is 17.9 Å². The molecule has 1 rings (SSSR count). The second kappa shape index (κ2) is 6.02. The third-order valence-corrected chi connectivity index (χ3v) is 3.62. The molecule has 1 N–H and O–H groups in total. The van der Waals surface area contributed by atoms with Crippen molar-refractivity contribution in [3.63, 3.8) is 0 Å². The quantitative estimate of drug-likeness (QED) is 0.801. The SMILES string of the molecule is CCC(CO)(c1ccccc1)C(C)COC. The summed E-state index contributed by atoms with van der Waals surface area (Å²) in [5, 5.41) is 9.77. The molecule has 0 saturated heterocycles. The second-order valence-corrected chi connectivity index (χ2v) is 4.39. The summed E-state index contributed by atoms with van der Waals surface area (Å²) in [7, 11) is 1.71. The molecule has 0 aliphatic rings. The van der Waals surface area contributed by atoms with E-state index in [1.807, 2.05) is 18.2 Å². The molecule has 2 nitrogen and oxygen atoms in total. The standard InChI is InChI=1S/C14H22O2/c1-4-14(11-15,12(2)10-16-3)13-8-6-5-7-9-13/h5-9,12,15H,4,10-11H2,1-3H3. The lowest BCUT2D eigenvalue weighted by Crippen LogP contribution is -2.39. The summed E-state index contributed by atoms with van der Waals surface area (Å²) >= 11 is 0. The van der Waals surface area contributed by atoms with Gasteiger partial charge in [0.2, 0.25) is 0 Å². The van der Waals surface area contributed by atoms with Crippen molar-refractivity contribution in [2.24, 2.45) is 5.92 Å². The molecule has 0 heterocycles. The summed E-state index contributed by atoms with van der Waals surface area (Å²) in [6.45, 7) is 5.09. The highest BCUT2D eigenvalue weighted by molar-refractivity contribution is 5.26. The fraction of sp³-hybridized carbons (Fsp3) is 0.571. The van der Waals surface area contributed by atoms with Crippen molar-refractivity contribution in [1.82, 2.24) is 0 Å². The Morgan fingerprint density at radius 1 is 1.31 bits per heavy atom. The average molecular weight is 222 g/mol. The number of aliphatic hydroxyl groups is 1. The van der Waals surface area contributed by atoms with Crippen LogP contribution in [-0.2, 0) is 10.2 Å². The molecule has 2 unspecified atom stereocenters. The van der Waals surface area contributed by atoms with Crippen molar-refractivity contribution in [2.75, 3.05) is 20.3 Å². The fourth-order valence-electron chi connectivity index (χ4n) is 2.38. The van der Waals surface area contributed by atoms with Gasteiger partial charge in [0.1, 0.15) is 0 Å². The molecule has 0 radical (unpaired) electrons. The van der Waals surface area contributed by atoms with Gasteiger partial charge in [-0.25, -0.2) is 0 Å². The Labute approximate surface area is 98.3 Å². The van der Waals surface area contributed by atoms with Crippen LogP contribution in [0.15, 0.2) is 30.3 Å². The number of benzene rings is 1. The van der Waals surface area contributed by atoms with Gasteiger partial charge in [-0.2, -0.15) is 0 Å². The molecule has 2 atom stereocenters. The van der Waals surface area contributed by atoms with Crippen LogP contribution >= 0.6 is 0 Å². The van der Waals surface area contributed by atoms with E-state index in [-0.39, 0.29) is 12.0 Å². The van der Waals surface area contributed by atoms with Crippen LogP contribution in [0.25, 0.3) is 0 Å². The molecular weight excluding hydrogens is 200 g/mol. The van der Waals surface area contributed by atoms with Gasteiger partial charge in [-0.15, -0.1) is 0 Å². The van der Waals surface area contributed by atoms with Gasteiger partial charge in [-0.1, -0.05) is 44.2 Å². The lowest BCUT2D eigenvalue weighted by atomic mass is 9.70. The van der Waals surface area contributed by atoms with Crippen molar-refractivity contribution in [2.45, 2.75) is 25.7 Å². The molecule has 1 aromatic rings. The molecule has 1 aromatic carbocycles. The van der Waals surface area contributed by atoms with Crippen molar-refractivity contribution in [3.8, 4) is 0 Å². The van der Waals surface area contributed by atoms with E-state index in [2.05, 4.69) is 26.0 Å². The van der Waals surface area contributed by atoms with E-state index in [1.165, 1.54) is 5.56 Å². The Bertz CT molecular complexity index is 291. The Kier molecular flexibility index (Phi) is 4.97. The molecule has 0 bridgehead atoms. The van der Waals surface area contributed by atoms with Crippen LogP contribution in [0.1, 0.15) is 25.8 Å². The highest BCUT2D eigenvalue weighted by Gasteiger charge is 2.35. The number of rotatable bonds is 6. The molecule has 90 valence electrons. The molecule has 0 saturated carbocycles. The molecule has 0 fully saturated rings. The number of hydrogen-bond donors (Lipinski definition) is 1. The van der Waals surface area contributed by atoms with E-state index in [9.17, 15) is 5.11 Å². The summed E-state index contributed by atoms with van der Waals surface area (Å²) in [6, 6.07) is 10.2. The van der Waals surface area contributed by atoms with Crippen LogP contribution in [0.5, 0.6) is 0 Å². The maximum atomic E-state index is 9.77. The predicted molar refractivity (Wildman–Crippen MR) is 66.5 cm³/mol. The van der Waals surface area contributed by atoms with Gasteiger partial charge >= 0.3 is 0 Å². The van der Waals surface area contributed by atoms with Crippen molar-refractivity contribution >= 4 is 0 Å². The average Bonchev–Trinajstić information content (AvgIpc) is 2.33. The maximum absolute atomic E-state index is 9.77. The maximum Gasteiger partial charge on any atom is 0.0531 e. The lowest BCUT2D eigenvalue weighted by molar-refractivity contribution is 0.0711. The Morgan fingerprint density at radius 3 is 2.38 bits per heavy atom. The zero-order valence-corrected chi connectivity index (χ0v) is 10.4. The summed E-state index contributed by atoms with van der Waals surface area (Å²) < 4.78 is 5.22. The molecule has 2 heteroatoms. The van der Waals surface area contributed by atoms with Crippen molar-refractivity contribution < 1.29 is 9.84 Å². The minimum Gasteiger partial charge on any atom is -0.395 e. The molecule has 16 heavy (non-hydrogen) atoms. The van der Waals surface area contributed by atoms with Crippen LogP contribution in [-0.4, -0.2) is 25.4 Å². The monoisotopic (exact) mass is 222 g/mol. The van der Waals surface area contributed by atoms with Gasteiger partial charge < -0.3 is 9.84 Å². The Hall–Kier alpha value is -0.860. The molecule has 0 spiro atoms. The van der Waals surface area contributed by atoms with Crippen LogP contribution < -0.4 is 0 Å². The Balaban J connectivity index is 3.05. The molecule has 0 amide bonds. The number of ether oxygens (including phenoxy) is 1. The van der Waals surface area contributed by atoms with E-state index in [1.54, 1.807) is 7.11 Å². The summed E-state index contributed by atoms with van der Waals surface area (Å²) in [5.74, 6) is 0.301. The molecular formula is C14H22O2. The van der Waals surface area contributed by atoms with Crippen molar-refractivity contribution in [3.05, 3.63) is 35.9 Å². The van der Waals surface area contributed by atoms with Crippen LogP contribution in [0.4, 0.5) is 0 Å². The predicted octanol–water partition coefficient (Wildman–Crippen LogP) is 2.61. The fourth-order valence-corrected chi connectivity index (χ4v) is 2.38. The molecule has 0 aliphatic heterocycles. The summed E-state index contributed by atoms with van der Waals surface area (Å²) in [4.78, 5) is 0. The zero-order valence-electron chi connectivity index (χ0n) is 10.4. The molecule has 0 aliphatic carbocycles. The Morgan fingerprint density at radius 2 is 1.94 bits per heavy atom. The van der Waals surface area contributed by atoms with Gasteiger partial charge in [-0.3, -0.25) is 0 Å². The highest BCUT2D eigenvalue weighted by Crippen LogP contribution is 2.35. The van der Waals surface area contributed by atoms with Crippen LogP contribution in [0.2, 0.25) is 0 Å². The van der Waals surface area contributed by atoms with Crippen LogP contribution in [0, 0.1) is 5.92 Å². The minimum absolute atomic E-state index is 0.165. The van der Waals surface area contributed by atoms with Gasteiger partial charge in [0.25, 0.3) is 0 Å². The van der Waals surface area contributed by atoms with Gasteiger partial charge in [0.15, 0.2) is 0 Å². The normalized spacial score (nSPS) is 16.8. The van der Waals surface area contributed by atoms with Crippen LogP contribution in [0.3, 0.4) is 0 Å². The molecule has 0 aromatic heterocycles. The van der Waals surface area contributed by atoms with E-state index >= 15 is 0 Å². The summed E-state index contributed by atoms with van der Waals surface area (Å²) in [6.07, 6.45) is 0.915.